The van der Waals surface area contributed by atoms with Crippen LogP contribution in [0.2, 0.25) is 0 Å². The van der Waals surface area contributed by atoms with Crippen LogP contribution in [0.5, 0.6) is 0 Å². The van der Waals surface area contributed by atoms with Crippen LogP contribution in [-0.4, -0.2) is 29.7 Å². The first-order valence-electron chi connectivity index (χ1n) is 6.26. The molecule has 1 fully saturated rings. The minimum atomic E-state index is -1.44. The van der Waals surface area contributed by atoms with Gasteiger partial charge < -0.3 is 15.2 Å². The van der Waals surface area contributed by atoms with Gasteiger partial charge in [-0.25, -0.2) is 4.79 Å². The zero-order chi connectivity index (χ0) is 13.9. The summed E-state index contributed by atoms with van der Waals surface area (Å²) < 4.78 is 5.27. The highest BCUT2D eigenvalue weighted by Crippen LogP contribution is 2.22. The number of aliphatic carboxylic acids is 1. The van der Waals surface area contributed by atoms with E-state index in [0.717, 1.165) is 6.42 Å². The van der Waals surface area contributed by atoms with E-state index in [0.29, 0.717) is 18.6 Å². The molecule has 1 heterocycles. The van der Waals surface area contributed by atoms with Gasteiger partial charge in [-0.1, -0.05) is 30.3 Å². The lowest BCUT2D eigenvalue weighted by molar-refractivity contribution is -0.149. The molecule has 2 N–H and O–H groups in total. The molecule has 0 bridgehead atoms. The number of carbonyl (C=O) groups excluding carboxylic acids is 1. The van der Waals surface area contributed by atoms with Crippen molar-refractivity contribution in [2.75, 3.05) is 6.61 Å². The molecule has 0 aliphatic carbocycles. The Bertz CT molecular complexity index is 468. The first-order chi connectivity index (χ1) is 9.04. The van der Waals surface area contributed by atoms with Gasteiger partial charge in [0.15, 0.2) is 5.54 Å². The van der Waals surface area contributed by atoms with E-state index >= 15 is 0 Å². The highest BCUT2D eigenvalue weighted by molar-refractivity contribution is 5.89. The number of carboxylic acids is 1. The van der Waals surface area contributed by atoms with Crippen LogP contribution in [-0.2, 0) is 19.9 Å². The molecule has 0 aromatic heterocycles. The minimum Gasteiger partial charge on any atom is -0.479 e. The molecule has 1 aliphatic heterocycles. The van der Waals surface area contributed by atoms with Crippen LogP contribution in [0.1, 0.15) is 25.3 Å². The van der Waals surface area contributed by atoms with Gasteiger partial charge in [-0.2, -0.15) is 0 Å². The van der Waals surface area contributed by atoms with Crippen molar-refractivity contribution in [3.05, 3.63) is 35.9 Å². The van der Waals surface area contributed by atoms with Gasteiger partial charge in [-0.3, -0.25) is 4.79 Å². The molecule has 2 atom stereocenters. The molecule has 5 nitrogen and oxygen atoms in total. The Hall–Kier alpha value is -1.88. The van der Waals surface area contributed by atoms with Crippen molar-refractivity contribution >= 4 is 11.9 Å². The minimum absolute atomic E-state index is 0.369. The average molecular weight is 263 g/mol. The lowest BCUT2D eigenvalue weighted by Gasteiger charge is -2.28. The van der Waals surface area contributed by atoms with E-state index < -0.39 is 17.6 Å². The van der Waals surface area contributed by atoms with Gasteiger partial charge in [0.2, 0.25) is 5.91 Å². The zero-order valence-electron chi connectivity index (χ0n) is 10.8. The highest BCUT2D eigenvalue weighted by atomic mass is 16.5. The maximum atomic E-state index is 12.0. The average Bonchev–Trinajstić information content (AvgIpc) is 2.93. The summed E-state index contributed by atoms with van der Waals surface area (Å²) in [7, 11) is 0. The Balaban J connectivity index is 2.20. The van der Waals surface area contributed by atoms with E-state index in [1.165, 1.54) is 6.92 Å². The fourth-order valence-electron chi connectivity index (χ4n) is 2.13. The predicted octanol–water partition coefficient (Wildman–Crippen LogP) is 1.28. The number of benzene rings is 1. The molecule has 19 heavy (non-hydrogen) atoms. The van der Waals surface area contributed by atoms with E-state index in [9.17, 15) is 14.7 Å². The van der Waals surface area contributed by atoms with E-state index in [4.69, 9.17) is 4.74 Å². The summed E-state index contributed by atoms with van der Waals surface area (Å²) >= 11 is 0. The molecule has 1 aromatic carbocycles. The van der Waals surface area contributed by atoms with Crippen molar-refractivity contribution in [3.8, 4) is 0 Å². The summed E-state index contributed by atoms with van der Waals surface area (Å²) in [6.45, 7) is 2.03. The number of amides is 1. The van der Waals surface area contributed by atoms with Crippen LogP contribution in [0.4, 0.5) is 0 Å². The predicted molar refractivity (Wildman–Crippen MR) is 68.5 cm³/mol. The molecule has 5 heteroatoms. The van der Waals surface area contributed by atoms with Gasteiger partial charge in [0.05, 0.1) is 0 Å². The second kappa shape index (κ2) is 5.40. The first kappa shape index (κ1) is 13.5. The molecule has 2 rings (SSSR count). The number of hydrogen-bond donors (Lipinski definition) is 2. The lowest BCUT2D eigenvalue weighted by atomic mass is 9.91. The zero-order valence-corrected chi connectivity index (χ0v) is 10.8. The monoisotopic (exact) mass is 263 g/mol. The van der Waals surface area contributed by atoms with Crippen molar-refractivity contribution < 1.29 is 19.4 Å². The topological polar surface area (TPSA) is 75.6 Å². The SMILES string of the molecule is CC(NC(=O)[C@@H]1CCCO1)(C(=O)O)c1ccccc1. The van der Waals surface area contributed by atoms with Crippen LogP contribution in [0.25, 0.3) is 0 Å². The number of rotatable bonds is 4. The molecule has 1 saturated heterocycles. The summed E-state index contributed by atoms with van der Waals surface area (Å²) in [6.07, 6.45) is 0.922. The number of carboxylic acid groups (broad SMARTS) is 1. The van der Waals surface area contributed by atoms with Gasteiger partial charge in [-0.15, -0.1) is 0 Å². The Morgan fingerprint density at radius 3 is 2.58 bits per heavy atom. The van der Waals surface area contributed by atoms with Crippen LogP contribution < -0.4 is 5.32 Å². The molecule has 102 valence electrons. The number of hydrogen-bond acceptors (Lipinski definition) is 3. The fourth-order valence-corrected chi connectivity index (χ4v) is 2.13. The molecule has 0 saturated carbocycles. The number of ether oxygens (including phenoxy) is 1. The van der Waals surface area contributed by atoms with E-state index in [1.807, 2.05) is 0 Å². The van der Waals surface area contributed by atoms with E-state index in [1.54, 1.807) is 30.3 Å². The molecule has 1 amide bonds. The van der Waals surface area contributed by atoms with Crippen molar-refractivity contribution in [2.24, 2.45) is 0 Å². The Morgan fingerprint density at radius 1 is 1.37 bits per heavy atom. The standard InChI is InChI=1S/C14H17NO4/c1-14(13(17)18,10-6-3-2-4-7-10)15-12(16)11-8-5-9-19-11/h2-4,6-7,11H,5,8-9H2,1H3,(H,15,16)(H,17,18)/t11-,14?/m0/s1. The number of carbonyl (C=O) groups is 2. The van der Waals surface area contributed by atoms with Crippen LogP contribution >= 0.6 is 0 Å². The quantitative estimate of drug-likeness (QED) is 0.858. The van der Waals surface area contributed by atoms with Crippen LogP contribution in [0, 0.1) is 0 Å². The maximum absolute atomic E-state index is 12.0. The first-order valence-corrected chi connectivity index (χ1v) is 6.26. The second-order valence-electron chi connectivity index (χ2n) is 4.79. The van der Waals surface area contributed by atoms with Crippen LogP contribution in [0.3, 0.4) is 0 Å². The van der Waals surface area contributed by atoms with Crippen molar-refractivity contribution in [3.63, 3.8) is 0 Å². The third-order valence-corrected chi connectivity index (χ3v) is 3.37. The smallest absolute Gasteiger partial charge is 0.333 e. The van der Waals surface area contributed by atoms with Gasteiger partial charge >= 0.3 is 5.97 Å². The van der Waals surface area contributed by atoms with Gasteiger partial charge in [0.1, 0.15) is 6.10 Å². The third-order valence-electron chi connectivity index (χ3n) is 3.37. The molecule has 1 aliphatic rings. The van der Waals surface area contributed by atoms with Crippen molar-refractivity contribution in [1.29, 1.82) is 0 Å². The van der Waals surface area contributed by atoms with E-state index in [2.05, 4.69) is 5.32 Å². The largest absolute Gasteiger partial charge is 0.479 e. The maximum Gasteiger partial charge on any atom is 0.333 e. The Morgan fingerprint density at radius 2 is 2.05 bits per heavy atom. The highest BCUT2D eigenvalue weighted by Gasteiger charge is 2.39. The Labute approximate surface area is 111 Å². The molecule has 1 unspecified atom stereocenters. The van der Waals surface area contributed by atoms with Crippen molar-refractivity contribution in [1.82, 2.24) is 5.32 Å². The molecule has 0 radical (unpaired) electrons. The summed E-state index contributed by atoms with van der Waals surface area (Å²) in [5, 5.41) is 12.0. The normalized spacial score (nSPS) is 21.6. The summed E-state index contributed by atoms with van der Waals surface area (Å²) in [6, 6.07) is 8.66. The lowest BCUT2D eigenvalue weighted by Crippen LogP contribution is -2.52. The second-order valence-corrected chi connectivity index (χ2v) is 4.79. The number of nitrogens with one attached hydrogen (secondary N) is 1. The molecule has 1 aromatic rings. The fraction of sp³-hybridized carbons (Fsp3) is 0.429. The Kier molecular flexibility index (Phi) is 3.85. The third kappa shape index (κ3) is 2.76. The molecular weight excluding hydrogens is 246 g/mol. The summed E-state index contributed by atoms with van der Waals surface area (Å²) in [4.78, 5) is 23.6. The van der Waals surface area contributed by atoms with Crippen LogP contribution in [0.15, 0.2) is 30.3 Å². The molecular formula is C14H17NO4. The summed E-state index contributed by atoms with van der Waals surface area (Å²) in [5.74, 6) is -1.46. The van der Waals surface area contributed by atoms with E-state index in [-0.39, 0.29) is 5.91 Å². The van der Waals surface area contributed by atoms with Gasteiger partial charge in [0, 0.05) is 6.61 Å². The van der Waals surface area contributed by atoms with Gasteiger partial charge in [-0.05, 0) is 25.3 Å². The van der Waals surface area contributed by atoms with Gasteiger partial charge in [0.25, 0.3) is 0 Å². The molecule has 0 spiro atoms. The summed E-state index contributed by atoms with van der Waals surface area (Å²) in [5.41, 5.74) is -0.904. The van der Waals surface area contributed by atoms with Crippen molar-refractivity contribution in [2.45, 2.75) is 31.4 Å².